The molecule has 0 radical (unpaired) electrons. The van der Waals surface area contributed by atoms with Crippen molar-refractivity contribution in [1.29, 1.82) is 0 Å². The minimum atomic E-state index is -0.572. The molecule has 0 saturated carbocycles. The summed E-state index contributed by atoms with van der Waals surface area (Å²) in [7, 11) is 0. The van der Waals surface area contributed by atoms with Gasteiger partial charge in [0.25, 0.3) is 5.56 Å². The van der Waals surface area contributed by atoms with Gasteiger partial charge in [-0.2, -0.15) is 5.21 Å². The van der Waals surface area contributed by atoms with Crippen LogP contribution in [0, 0.1) is 0 Å². The second-order valence-corrected chi connectivity index (χ2v) is 2.22. The summed E-state index contributed by atoms with van der Waals surface area (Å²) in [6.45, 7) is 0. The van der Waals surface area contributed by atoms with Crippen molar-refractivity contribution in [3.8, 4) is 11.4 Å². The summed E-state index contributed by atoms with van der Waals surface area (Å²) in [4.78, 5) is 26.1. The van der Waals surface area contributed by atoms with Gasteiger partial charge in [-0.3, -0.25) is 9.78 Å². The molecule has 0 atom stereocenters. The lowest BCUT2D eigenvalue weighted by molar-refractivity contribution is 0.881. The van der Waals surface area contributed by atoms with E-state index >= 15 is 0 Å². The van der Waals surface area contributed by atoms with Gasteiger partial charge in [0.1, 0.15) is 5.56 Å². The van der Waals surface area contributed by atoms with E-state index < -0.39 is 11.2 Å². The molecular formula is C5H4N6O2. The maximum Gasteiger partial charge on any atom is 0.325 e. The second-order valence-electron chi connectivity index (χ2n) is 2.22. The summed E-state index contributed by atoms with van der Waals surface area (Å²) in [6, 6.07) is 0. The summed E-state index contributed by atoms with van der Waals surface area (Å²) in [6.07, 6.45) is 1.23. The molecule has 13 heavy (non-hydrogen) atoms. The molecule has 0 aliphatic heterocycles. The summed E-state index contributed by atoms with van der Waals surface area (Å²) in [5, 5.41) is 12.7. The van der Waals surface area contributed by atoms with Crippen LogP contribution in [-0.4, -0.2) is 30.6 Å². The highest BCUT2D eigenvalue weighted by molar-refractivity contribution is 5.49. The molecule has 0 aromatic carbocycles. The summed E-state index contributed by atoms with van der Waals surface area (Å²) < 4.78 is 0. The van der Waals surface area contributed by atoms with Gasteiger partial charge >= 0.3 is 5.69 Å². The molecule has 8 nitrogen and oxygen atoms in total. The van der Waals surface area contributed by atoms with Crippen LogP contribution in [0.4, 0.5) is 0 Å². The number of aromatic amines is 3. The van der Waals surface area contributed by atoms with E-state index in [1.807, 2.05) is 4.98 Å². The van der Waals surface area contributed by atoms with Crippen LogP contribution in [0.2, 0.25) is 0 Å². The van der Waals surface area contributed by atoms with E-state index in [1.165, 1.54) is 6.20 Å². The first kappa shape index (κ1) is 7.40. The van der Waals surface area contributed by atoms with E-state index in [2.05, 4.69) is 25.6 Å². The van der Waals surface area contributed by atoms with Gasteiger partial charge in [0.2, 0.25) is 5.82 Å². The lowest BCUT2D eigenvalue weighted by atomic mass is 10.3. The minimum absolute atomic E-state index is 0.137. The van der Waals surface area contributed by atoms with Gasteiger partial charge in [-0.15, -0.1) is 10.2 Å². The fraction of sp³-hybridized carbons (Fsp3) is 0. The van der Waals surface area contributed by atoms with Crippen molar-refractivity contribution in [2.75, 3.05) is 0 Å². The summed E-state index contributed by atoms with van der Waals surface area (Å²) in [5.74, 6) is 0.137. The standard InChI is InChI=1S/C5H4N6O2/c12-4-2(1-6-5(13)7-4)3-8-10-11-9-3/h1H,(H2,6,7,12,13)(H,8,9,10,11). The van der Waals surface area contributed by atoms with Crippen molar-refractivity contribution in [2.24, 2.45) is 0 Å². The Labute approximate surface area is 70.0 Å². The van der Waals surface area contributed by atoms with Crippen LogP contribution in [0.3, 0.4) is 0 Å². The fourth-order valence-electron chi connectivity index (χ4n) is 0.852. The van der Waals surface area contributed by atoms with Gasteiger partial charge in [-0.1, -0.05) is 0 Å². The zero-order valence-corrected chi connectivity index (χ0v) is 6.24. The lowest BCUT2D eigenvalue weighted by Crippen LogP contribution is -2.22. The van der Waals surface area contributed by atoms with Crippen LogP contribution in [-0.2, 0) is 0 Å². The quantitative estimate of drug-likeness (QED) is 0.480. The molecule has 0 spiro atoms. The molecule has 2 aromatic heterocycles. The highest BCUT2D eigenvalue weighted by Crippen LogP contribution is 2.01. The van der Waals surface area contributed by atoms with Gasteiger partial charge in [0.15, 0.2) is 0 Å². The first-order valence-electron chi connectivity index (χ1n) is 3.33. The smallest absolute Gasteiger partial charge is 0.313 e. The van der Waals surface area contributed by atoms with Gasteiger partial charge in [0, 0.05) is 6.20 Å². The maximum atomic E-state index is 11.1. The van der Waals surface area contributed by atoms with E-state index in [9.17, 15) is 9.59 Å². The molecular weight excluding hydrogens is 176 g/mol. The van der Waals surface area contributed by atoms with E-state index in [1.54, 1.807) is 0 Å². The first-order chi connectivity index (χ1) is 6.27. The number of aromatic nitrogens is 6. The predicted octanol–water partition coefficient (Wildman–Crippen LogP) is -1.76. The SMILES string of the molecule is O=c1[nH]cc(-c2nn[nH]n2)c(=O)[nH]1. The molecule has 0 aliphatic rings. The molecule has 0 amide bonds. The van der Waals surface area contributed by atoms with Crippen molar-refractivity contribution in [1.82, 2.24) is 30.6 Å². The van der Waals surface area contributed by atoms with E-state index in [-0.39, 0.29) is 11.4 Å². The molecule has 0 unspecified atom stereocenters. The predicted molar refractivity (Wildman–Crippen MR) is 40.9 cm³/mol. The second kappa shape index (κ2) is 2.66. The zero-order chi connectivity index (χ0) is 9.26. The molecule has 0 bridgehead atoms. The number of H-pyrrole nitrogens is 3. The Hall–Kier alpha value is -2.25. The number of nitrogens with zero attached hydrogens (tertiary/aromatic N) is 3. The van der Waals surface area contributed by atoms with Crippen LogP contribution >= 0.6 is 0 Å². The third-order valence-corrected chi connectivity index (χ3v) is 1.41. The van der Waals surface area contributed by atoms with Crippen molar-refractivity contribution in [3.05, 3.63) is 27.0 Å². The van der Waals surface area contributed by atoms with Crippen LogP contribution in [0.25, 0.3) is 11.4 Å². The van der Waals surface area contributed by atoms with Crippen LogP contribution in [0.15, 0.2) is 15.8 Å². The number of nitrogens with one attached hydrogen (secondary N) is 3. The molecule has 66 valence electrons. The minimum Gasteiger partial charge on any atom is -0.313 e. The Kier molecular flexibility index (Phi) is 1.51. The highest BCUT2D eigenvalue weighted by Gasteiger charge is 2.07. The largest absolute Gasteiger partial charge is 0.325 e. The first-order valence-corrected chi connectivity index (χ1v) is 3.33. The fourth-order valence-corrected chi connectivity index (χ4v) is 0.852. The van der Waals surface area contributed by atoms with Crippen LogP contribution < -0.4 is 11.2 Å². The molecule has 0 aliphatic carbocycles. The number of hydrogen-bond donors (Lipinski definition) is 3. The normalized spacial score (nSPS) is 10.2. The topological polar surface area (TPSA) is 120 Å². The van der Waals surface area contributed by atoms with E-state index in [4.69, 9.17) is 0 Å². The Morgan fingerprint density at radius 3 is 2.77 bits per heavy atom. The van der Waals surface area contributed by atoms with Crippen molar-refractivity contribution < 1.29 is 0 Å². The van der Waals surface area contributed by atoms with E-state index in [0.29, 0.717) is 0 Å². The number of rotatable bonds is 1. The van der Waals surface area contributed by atoms with E-state index in [0.717, 1.165) is 0 Å². The Morgan fingerprint density at radius 1 is 1.31 bits per heavy atom. The highest BCUT2D eigenvalue weighted by atomic mass is 16.2. The van der Waals surface area contributed by atoms with Gasteiger partial charge < -0.3 is 4.98 Å². The molecule has 8 heteroatoms. The Bertz CT molecular complexity index is 508. The average molecular weight is 180 g/mol. The van der Waals surface area contributed by atoms with Crippen LogP contribution in [0.5, 0.6) is 0 Å². The molecule has 3 N–H and O–H groups in total. The maximum absolute atomic E-state index is 11.1. The molecule has 0 saturated heterocycles. The molecule has 2 heterocycles. The summed E-state index contributed by atoms with van der Waals surface area (Å²) >= 11 is 0. The molecule has 2 aromatic rings. The van der Waals surface area contributed by atoms with Crippen molar-refractivity contribution in [3.63, 3.8) is 0 Å². The van der Waals surface area contributed by atoms with Crippen molar-refractivity contribution >= 4 is 0 Å². The average Bonchev–Trinajstić information content (AvgIpc) is 2.56. The molecule has 0 fully saturated rings. The molecule has 2 rings (SSSR count). The number of hydrogen-bond acceptors (Lipinski definition) is 5. The third kappa shape index (κ3) is 1.24. The van der Waals surface area contributed by atoms with Gasteiger partial charge in [0.05, 0.1) is 0 Å². The Morgan fingerprint density at radius 2 is 2.15 bits per heavy atom. The van der Waals surface area contributed by atoms with Crippen LogP contribution in [0.1, 0.15) is 0 Å². The lowest BCUT2D eigenvalue weighted by Gasteiger charge is -1.89. The summed E-state index contributed by atoms with van der Waals surface area (Å²) in [5.41, 5.74) is -0.962. The third-order valence-electron chi connectivity index (χ3n) is 1.41. The monoisotopic (exact) mass is 180 g/mol. The number of tetrazole rings is 1. The van der Waals surface area contributed by atoms with Gasteiger partial charge in [-0.05, 0) is 5.21 Å². The van der Waals surface area contributed by atoms with Gasteiger partial charge in [-0.25, -0.2) is 4.79 Å². The Balaban J connectivity index is 2.67. The van der Waals surface area contributed by atoms with Crippen molar-refractivity contribution in [2.45, 2.75) is 0 Å². The zero-order valence-electron chi connectivity index (χ0n) is 6.24.